The van der Waals surface area contributed by atoms with Crippen molar-refractivity contribution in [1.29, 1.82) is 0 Å². The summed E-state index contributed by atoms with van der Waals surface area (Å²) >= 11 is 5.81. The van der Waals surface area contributed by atoms with E-state index in [4.69, 9.17) is 21.1 Å². The molecule has 0 saturated carbocycles. The van der Waals surface area contributed by atoms with Crippen LogP contribution in [-0.4, -0.2) is 37.9 Å². The lowest BCUT2D eigenvalue weighted by Gasteiger charge is -2.24. The smallest absolute Gasteiger partial charge is 0.267 e. The van der Waals surface area contributed by atoms with E-state index in [1.165, 1.54) is 24.3 Å². The van der Waals surface area contributed by atoms with Crippen molar-refractivity contribution < 1.29 is 27.9 Å². The van der Waals surface area contributed by atoms with Gasteiger partial charge in [0.25, 0.3) is 15.9 Å². The maximum atomic E-state index is 12.4. The molecule has 1 amide bonds. The summed E-state index contributed by atoms with van der Waals surface area (Å²) in [5.74, 6) is -0.389. The van der Waals surface area contributed by atoms with Crippen LogP contribution in [0.4, 0.5) is 0 Å². The molecule has 3 rings (SSSR count). The van der Waals surface area contributed by atoms with E-state index >= 15 is 0 Å². The van der Waals surface area contributed by atoms with Crippen molar-refractivity contribution in [2.24, 2.45) is 5.92 Å². The molecule has 0 spiro atoms. The number of nitrogens with zero attached hydrogens (tertiary/aromatic N) is 1. The number of carbonyl (C=O) groups excluding carboxylic acids is 1. The Kier molecular flexibility index (Phi) is 6.53. The van der Waals surface area contributed by atoms with Crippen LogP contribution in [0, 0.1) is 5.92 Å². The van der Waals surface area contributed by atoms with Crippen LogP contribution in [0.15, 0.2) is 53.4 Å². The number of sulfonamides is 1. The molecule has 10 heteroatoms. The van der Waals surface area contributed by atoms with Crippen LogP contribution < -0.4 is 9.57 Å². The summed E-state index contributed by atoms with van der Waals surface area (Å²) in [5, 5.41) is 10.4. The van der Waals surface area contributed by atoms with Gasteiger partial charge in [0.15, 0.2) is 0 Å². The van der Waals surface area contributed by atoms with Gasteiger partial charge in [0.1, 0.15) is 11.5 Å². The summed E-state index contributed by atoms with van der Waals surface area (Å²) in [6.45, 7) is 0.694. The minimum atomic E-state index is -4.15. The Morgan fingerprint density at radius 3 is 2.32 bits per heavy atom. The van der Waals surface area contributed by atoms with Crippen LogP contribution >= 0.6 is 11.6 Å². The molecular formula is C18H19ClN2O6S. The normalized spacial score (nSPS) is 17.1. The first kappa shape index (κ1) is 20.6. The van der Waals surface area contributed by atoms with Gasteiger partial charge in [0, 0.05) is 11.6 Å². The van der Waals surface area contributed by atoms with Gasteiger partial charge in [-0.1, -0.05) is 16.4 Å². The van der Waals surface area contributed by atoms with E-state index in [9.17, 15) is 18.4 Å². The highest BCUT2D eigenvalue weighted by molar-refractivity contribution is 7.89. The van der Waals surface area contributed by atoms with Crippen LogP contribution in [0.5, 0.6) is 11.5 Å². The summed E-state index contributed by atoms with van der Waals surface area (Å²) in [6, 6.07) is 12.2. The molecule has 8 nitrogen and oxygen atoms in total. The van der Waals surface area contributed by atoms with Crippen LogP contribution in [0.25, 0.3) is 0 Å². The number of halogens is 1. The number of ether oxygens (including phenoxy) is 2. The lowest BCUT2D eigenvalue weighted by molar-refractivity contribution is -0.181. The summed E-state index contributed by atoms with van der Waals surface area (Å²) in [4.78, 5) is 13.8. The Morgan fingerprint density at radius 1 is 1.14 bits per heavy atom. The Bertz CT molecular complexity index is 912. The average Bonchev–Trinajstić information content (AvgIpc) is 2.70. The molecule has 0 aromatic heterocycles. The van der Waals surface area contributed by atoms with E-state index in [0.29, 0.717) is 36.0 Å². The van der Waals surface area contributed by atoms with E-state index in [2.05, 4.69) is 0 Å². The first-order valence-electron chi connectivity index (χ1n) is 8.52. The monoisotopic (exact) mass is 426 g/mol. The molecule has 1 fully saturated rings. The van der Waals surface area contributed by atoms with Crippen LogP contribution in [0.3, 0.4) is 0 Å². The number of rotatable bonds is 6. The van der Waals surface area contributed by atoms with Gasteiger partial charge < -0.3 is 9.47 Å². The molecular weight excluding hydrogens is 408 g/mol. The zero-order chi connectivity index (χ0) is 20.1. The lowest BCUT2D eigenvalue weighted by atomic mass is 10.0. The third kappa shape index (κ3) is 5.21. The molecule has 1 aliphatic heterocycles. The van der Waals surface area contributed by atoms with Gasteiger partial charge in [-0.25, -0.2) is 8.42 Å². The number of amides is 1. The summed E-state index contributed by atoms with van der Waals surface area (Å²) in [6.07, 6.45) is 1.19. The van der Waals surface area contributed by atoms with Crippen molar-refractivity contribution in [3.63, 3.8) is 0 Å². The fourth-order valence-corrected chi connectivity index (χ4v) is 3.69. The molecule has 0 aliphatic carbocycles. The first-order chi connectivity index (χ1) is 13.3. The van der Waals surface area contributed by atoms with Crippen LogP contribution in [0.1, 0.15) is 12.8 Å². The number of hydrogen-bond acceptors (Lipinski definition) is 6. The Labute approximate surface area is 167 Å². The van der Waals surface area contributed by atoms with Crippen molar-refractivity contribution in [2.45, 2.75) is 17.7 Å². The molecule has 0 bridgehead atoms. The predicted molar refractivity (Wildman–Crippen MR) is 100 cm³/mol. The Hall–Kier alpha value is -2.17. The topological polar surface area (TPSA) is 105 Å². The molecule has 28 heavy (non-hydrogen) atoms. The number of hydrazine groups is 1. The van der Waals surface area contributed by atoms with Gasteiger partial charge in [-0.05, 0) is 61.4 Å². The highest BCUT2D eigenvalue weighted by atomic mass is 35.5. The fraction of sp³-hybridized carbons (Fsp3) is 0.278. The molecule has 150 valence electrons. The second-order valence-corrected chi connectivity index (χ2v) is 8.28. The molecule has 0 radical (unpaired) electrons. The zero-order valence-corrected chi connectivity index (χ0v) is 16.3. The molecule has 2 aromatic rings. The van der Waals surface area contributed by atoms with E-state index in [1.807, 2.05) is 4.83 Å². The third-order valence-electron chi connectivity index (χ3n) is 4.11. The maximum absolute atomic E-state index is 12.4. The van der Waals surface area contributed by atoms with E-state index in [1.54, 1.807) is 24.3 Å². The number of hydroxylamine groups is 1. The van der Waals surface area contributed by atoms with Gasteiger partial charge in [-0.3, -0.25) is 10.0 Å². The molecule has 1 heterocycles. The van der Waals surface area contributed by atoms with Gasteiger partial charge in [-0.2, -0.15) is 0 Å². The van der Waals surface area contributed by atoms with Crippen LogP contribution in [0.2, 0.25) is 5.02 Å². The molecule has 1 atom stereocenters. The quantitative estimate of drug-likeness (QED) is 0.543. The second kappa shape index (κ2) is 8.89. The highest BCUT2D eigenvalue weighted by Gasteiger charge is 2.29. The summed E-state index contributed by atoms with van der Waals surface area (Å²) in [7, 11) is -4.15. The second-order valence-electron chi connectivity index (χ2n) is 6.19. The van der Waals surface area contributed by atoms with Crippen LogP contribution in [-0.2, 0) is 19.6 Å². The third-order valence-corrected chi connectivity index (χ3v) is 5.67. The minimum absolute atomic E-state index is 0.00675. The standard InChI is InChI=1S/C18H19ClN2O6S/c19-14-3-5-15(6-4-14)27-16-7-9-17(10-8-16)28(24,25)20-21(23)18(22)13-2-1-11-26-12-13/h3-10,13,20,23H,1-2,11-12H2. The van der Waals surface area contributed by atoms with E-state index in [-0.39, 0.29) is 16.7 Å². The van der Waals surface area contributed by atoms with E-state index < -0.39 is 21.8 Å². The molecule has 2 N–H and O–H groups in total. The predicted octanol–water partition coefficient (Wildman–Crippen LogP) is 2.97. The number of benzene rings is 2. The number of hydrogen-bond donors (Lipinski definition) is 2. The zero-order valence-electron chi connectivity index (χ0n) is 14.7. The average molecular weight is 427 g/mol. The summed E-state index contributed by atoms with van der Waals surface area (Å²) in [5.41, 5.74) is 0. The van der Waals surface area contributed by atoms with Crippen molar-refractivity contribution >= 4 is 27.5 Å². The van der Waals surface area contributed by atoms with Gasteiger partial charge in [0.2, 0.25) is 0 Å². The van der Waals surface area contributed by atoms with Crippen molar-refractivity contribution in [3.05, 3.63) is 53.6 Å². The van der Waals surface area contributed by atoms with Crippen molar-refractivity contribution in [1.82, 2.24) is 10.0 Å². The number of carbonyl (C=O) groups is 1. The van der Waals surface area contributed by atoms with E-state index in [0.717, 1.165) is 0 Å². The van der Waals surface area contributed by atoms with Crippen molar-refractivity contribution in [2.75, 3.05) is 13.2 Å². The minimum Gasteiger partial charge on any atom is -0.457 e. The first-order valence-corrected chi connectivity index (χ1v) is 10.4. The maximum Gasteiger partial charge on any atom is 0.267 e. The molecule has 1 unspecified atom stereocenters. The molecule has 1 saturated heterocycles. The lowest BCUT2D eigenvalue weighted by Crippen LogP contribution is -2.47. The van der Waals surface area contributed by atoms with Gasteiger partial charge >= 0.3 is 0 Å². The van der Waals surface area contributed by atoms with Gasteiger partial charge in [0.05, 0.1) is 17.4 Å². The van der Waals surface area contributed by atoms with Gasteiger partial charge in [-0.15, -0.1) is 5.17 Å². The SMILES string of the molecule is O=C(C1CCCOC1)N(O)NS(=O)(=O)c1ccc(Oc2ccc(Cl)cc2)cc1. The molecule has 2 aromatic carbocycles. The summed E-state index contributed by atoms with van der Waals surface area (Å²) < 4.78 is 35.5. The fourth-order valence-electron chi connectivity index (χ4n) is 2.65. The largest absolute Gasteiger partial charge is 0.457 e. The Morgan fingerprint density at radius 2 is 1.75 bits per heavy atom. The number of nitrogens with one attached hydrogen (secondary N) is 1. The highest BCUT2D eigenvalue weighted by Crippen LogP contribution is 2.24. The Balaban J connectivity index is 1.64. The molecule has 1 aliphatic rings. The van der Waals surface area contributed by atoms with Crippen molar-refractivity contribution in [3.8, 4) is 11.5 Å².